The third-order valence-electron chi connectivity index (χ3n) is 2.74. The first kappa shape index (κ1) is 21.8. The molecule has 0 aliphatic rings. The average Bonchev–Trinajstić information content (AvgIpc) is 2.42. The van der Waals surface area contributed by atoms with Crippen LogP contribution in [0.1, 0.15) is 13.8 Å². The van der Waals surface area contributed by atoms with Crippen LogP contribution in [-0.2, 0) is 36.9 Å². The largest absolute Gasteiger partial charge is 0.391 e. The third-order valence-corrected chi connectivity index (χ3v) is 7.62. The molecule has 0 saturated heterocycles. The van der Waals surface area contributed by atoms with Crippen molar-refractivity contribution in [2.75, 3.05) is 11.5 Å². The highest BCUT2D eigenvalue weighted by atomic mass is 79.9. The first-order valence-corrected chi connectivity index (χ1v) is 10.4. The minimum Gasteiger partial charge on any atom is -0.391 e. The van der Waals surface area contributed by atoms with E-state index in [4.69, 9.17) is 0 Å². The fraction of sp³-hybridized carbons (Fsp3) is 0.778. The summed E-state index contributed by atoms with van der Waals surface area (Å²) >= 11 is 4.68. The maximum Gasteiger partial charge on any atom is 0.335 e. The summed E-state index contributed by atoms with van der Waals surface area (Å²) in [5, 5.41) is 6.46. The minimum atomic E-state index is -4.14. The summed E-state index contributed by atoms with van der Waals surface area (Å²) in [6.07, 6.45) is -1.81. The molecule has 0 rings (SSSR count). The molecule has 9 nitrogen and oxygen atoms in total. The molecule has 130 valence electrons. The van der Waals surface area contributed by atoms with Crippen LogP contribution in [0.15, 0.2) is 0 Å². The fourth-order valence-electron chi connectivity index (χ4n) is 1.29. The first-order chi connectivity index (χ1) is 9.89. The number of halogens is 2. The van der Waals surface area contributed by atoms with Crippen molar-refractivity contribution in [1.82, 2.24) is 0 Å². The first-order valence-electron chi connectivity index (χ1n) is 5.65. The minimum absolute atomic E-state index is 0.981. The van der Waals surface area contributed by atoms with Crippen molar-refractivity contribution in [3.8, 4) is 0 Å². The van der Waals surface area contributed by atoms with E-state index in [9.17, 15) is 31.5 Å². The van der Waals surface area contributed by atoms with Crippen LogP contribution in [0.5, 0.6) is 0 Å². The molecule has 2 atom stereocenters. The Morgan fingerprint density at radius 1 is 0.909 bits per heavy atom. The Bertz CT molecular complexity index is 559. The van der Waals surface area contributed by atoms with E-state index in [1.165, 1.54) is 0 Å². The summed E-state index contributed by atoms with van der Waals surface area (Å²) in [4.78, 5) is 22.3. The molecule has 0 bridgehead atoms. The molecule has 0 fully saturated rings. The van der Waals surface area contributed by atoms with Gasteiger partial charge < -0.3 is 12.8 Å². The van der Waals surface area contributed by atoms with E-state index < -0.39 is 59.7 Å². The lowest BCUT2D eigenvalue weighted by Gasteiger charge is -2.16. The van der Waals surface area contributed by atoms with Gasteiger partial charge >= 0.3 is 11.9 Å². The van der Waals surface area contributed by atoms with Crippen LogP contribution in [0.3, 0.4) is 0 Å². The van der Waals surface area contributed by atoms with E-state index in [1.807, 2.05) is 0 Å². The van der Waals surface area contributed by atoms with Crippen molar-refractivity contribution < 1.29 is 39.2 Å². The maximum absolute atomic E-state index is 11.8. The van der Waals surface area contributed by atoms with E-state index in [1.54, 1.807) is 0 Å². The molecule has 0 aromatic heterocycles. The Kier molecular flexibility index (Phi) is 8.47. The van der Waals surface area contributed by atoms with Crippen molar-refractivity contribution in [2.45, 2.75) is 30.5 Å². The Balaban J connectivity index is 4.99. The number of carbonyl (C=O) groups is 2. The Labute approximate surface area is 145 Å². The lowest BCUT2D eigenvalue weighted by atomic mass is 10.5. The topological polar surface area (TPSA) is 141 Å². The molecule has 0 aliphatic carbocycles. The van der Waals surface area contributed by atoms with Gasteiger partial charge in [-0.1, -0.05) is 0 Å². The molecule has 0 saturated carbocycles. The van der Waals surface area contributed by atoms with Gasteiger partial charge in [0.25, 0.3) is 0 Å². The van der Waals surface area contributed by atoms with Gasteiger partial charge in [0, 0.05) is 0 Å². The summed E-state index contributed by atoms with van der Waals surface area (Å²) in [5.41, 5.74) is 0. The van der Waals surface area contributed by atoms with E-state index in [0.29, 0.717) is 0 Å². The Hall–Kier alpha value is -0.240. The van der Waals surface area contributed by atoms with E-state index in [0.717, 1.165) is 13.8 Å². The zero-order chi connectivity index (χ0) is 17.7. The van der Waals surface area contributed by atoms with Crippen molar-refractivity contribution in [2.24, 2.45) is 0 Å². The highest BCUT2D eigenvalue weighted by molar-refractivity contribution is 9.06. The standard InChI is InChI=1S/C9H14Br2O9S2/c1-5(8(13)19-10)21(15,16)3-7(12)4-22(17,18)6(2)9(14)20-11/h5-7,12H,3-4H2,1-2H3. The number of hydrogen-bond donors (Lipinski definition) is 1. The smallest absolute Gasteiger partial charge is 0.335 e. The van der Waals surface area contributed by atoms with Crippen LogP contribution < -0.4 is 0 Å². The van der Waals surface area contributed by atoms with Gasteiger partial charge in [-0.15, -0.1) is 0 Å². The van der Waals surface area contributed by atoms with Gasteiger partial charge in [-0.25, -0.2) is 26.4 Å². The SMILES string of the molecule is CC(C(=O)OBr)S(=O)(=O)CC(O)CS(=O)(=O)C(C)C(=O)OBr. The molecule has 0 aliphatic heterocycles. The van der Waals surface area contributed by atoms with E-state index in [2.05, 4.69) is 40.2 Å². The van der Waals surface area contributed by atoms with E-state index >= 15 is 0 Å². The number of sulfone groups is 2. The number of rotatable bonds is 8. The predicted octanol–water partition coefficient (Wildman–Crippen LogP) is -0.340. The number of hydrogen-bond acceptors (Lipinski definition) is 9. The lowest BCUT2D eigenvalue weighted by molar-refractivity contribution is -0.132. The number of aliphatic hydroxyl groups is 1. The van der Waals surface area contributed by atoms with Crippen LogP contribution in [0.4, 0.5) is 0 Å². The summed E-state index contributed by atoms with van der Waals surface area (Å²) in [7, 11) is -8.28. The zero-order valence-corrected chi connectivity index (χ0v) is 16.2. The molecule has 13 heteroatoms. The normalized spacial score (nSPS) is 16.4. The van der Waals surface area contributed by atoms with Crippen molar-refractivity contribution in [3.63, 3.8) is 0 Å². The number of carbonyl (C=O) groups excluding carboxylic acids is 2. The highest BCUT2D eigenvalue weighted by Gasteiger charge is 2.36. The molecular formula is C9H14Br2O9S2. The van der Waals surface area contributed by atoms with Gasteiger partial charge in [-0.3, -0.25) is 0 Å². The van der Waals surface area contributed by atoms with Gasteiger partial charge in [0.15, 0.2) is 62.7 Å². The van der Waals surface area contributed by atoms with Gasteiger partial charge in [-0.05, 0) is 13.8 Å². The van der Waals surface area contributed by atoms with Gasteiger partial charge in [0.05, 0.1) is 17.6 Å². The Morgan fingerprint density at radius 3 is 1.41 bits per heavy atom. The average molecular weight is 490 g/mol. The molecule has 22 heavy (non-hydrogen) atoms. The van der Waals surface area contributed by atoms with Crippen molar-refractivity contribution >= 4 is 64.1 Å². The monoisotopic (exact) mass is 488 g/mol. The van der Waals surface area contributed by atoms with Crippen LogP contribution in [-0.4, -0.2) is 62.0 Å². The predicted molar refractivity (Wildman–Crippen MR) is 82.5 cm³/mol. The van der Waals surface area contributed by atoms with Crippen LogP contribution in [0, 0.1) is 0 Å². The summed E-state index contributed by atoms with van der Waals surface area (Å²) in [6, 6.07) is 0. The Morgan fingerprint density at radius 2 is 1.18 bits per heavy atom. The maximum atomic E-state index is 11.8. The third kappa shape index (κ3) is 6.10. The highest BCUT2D eigenvalue weighted by Crippen LogP contribution is 2.12. The van der Waals surface area contributed by atoms with Crippen LogP contribution >= 0.6 is 32.5 Å². The lowest BCUT2D eigenvalue weighted by Crippen LogP contribution is -2.39. The molecule has 1 N–H and O–H groups in total. The summed E-state index contributed by atoms with van der Waals surface area (Å²) in [5.74, 6) is -4.17. The number of aliphatic hydroxyl groups excluding tert-OH is 1. The summed E-state index contributed by atoms with van der Waals surface area (Å²) < 4.78 is 55.4. The molecule has 0 aromatic rings. The quantitative estimate of drug-likeness (QED) is 0.484. The van der Waals surface area contributed by atoms with E-state index in [-0.39, 0.29) is 0 Å². The molecule has 0 aromatic carbocycles. The summed E-state index contributed by atoms with van der Waals surface area (Å²) in [6.45, 7) is 2.07. The molecular weight excluding hydrogens is 476 g/mol. The van der Waals surface area contributed by atoms with Crippen molar-refractivity contribution in [3.05, 3.63) is 0 Å². The van der Waals surface area contributed by atoms with Crippen molar-refractivity contribution in [1.29, 1.82) is 0 Å². The molecule has 0 heterocycles. The molecule has 0 spiro atoms. The molecule has 0 radical (unpaired) electrons. The molecule has 2 unspecified atom stereocenters. The van der Waals surface area contributed by atoms with Gasteiger partial charge in [-0.2, -0.15) is 0 Å². The van der Waals surface area contributed by atoms with Gasteiger partial charge in [0.2, 0.25) is 0 Å². The zero-order valence-electron chi connectivity index (χ0n) is 11.4. The van der Waals surface area contributed by atoms with Crippen LogP contribution in [0.2, 0.25) is 0 Å². The fourth-order valence-corrected chi connectivity index (χ4v) is 4.82. The molecule has 0 amide bonds. The second-order valence-electron chi connectivity index (χ2n) is 4.39. The second kappa shape index (κ2) is 8.57. The van der Waals surface area contributed by atoms with Crippen LogP contribution in [0.25, 0.3) is 0 Å². The second-order valence-corrected chi connectivity index (χ2v) is 9.77. The van der Waals surface area contributed by atoms with Gasteiger partial charge in [0.1, 0.15) is 0 Å².